The monoisotopic (exact) mass is 183 g/mol. The summed E-state index contributed by atoms with van der Waals surface area (Å²) < 4.78 is 2.83. The van der Waals surface area contributed by atoms with E-state index in [1.165, 1.54) is 14.3 Å². The van der Waals surface area contributed by atoms with E-state index in [1.807, 2.05) is 29.7 Å². The zero-order chi connectivity index (χ0) is 7.68. The Morgan fingerprint density at radius 2 is 2.36 bits per heavy atom. The van der Waals surface area contributed by atoms with E-state index in [0.717, 1.165) is 6.54 Å². The minimum absolute atomic E-state index is 0.992. The van der Waals surface area contributed by atoms with Crippen molar-refractivity contribution in [2.24, 2.45) is 0 Å². The van der Waals surface area contributed by atoms with E-state index in [0.29, 0.717) is 0 Å². The highest BCUT2D eigenvalue weighted by molar-refractivity contribution is 7.26. The van der Waals surface area contributed by atoms with Gasteiger partial charge in [0.05, 0.1) is 0 Å². The molecule has 0 spiro atoms. The van der Waals surface area contributed by atoms with Crippen molar-refractivity contribution in [2.75, 3.05) is 7.05 Å². The van der Waals surface area contributed by atoms with Crippen LogP contribution in [0.15, 0.2) is 17.5 Å². The van der Waals surface area contributed by atoms with Crippen LogP contribution in [0.3, 0.4) is 0 Å². The quantitative estimate of drug-likeness (QED) is 0.755. The van der Waals surface area contributed by atoms with Crippen molar-refractivity contribution in [3.05, 3.63) is 22.4 Å². The molecular weight excluding hydrogens is 174 g/mol. The molecule has 1 nitrogen and oxygen atoms in total. The van der Waals surface area contributed by atoms with Crippen molar-refractivity contribution in [3.63, 3.8) is 0 Å². The summed E-state index contributed by atoms with van der Waals surface area (Å²) in [5.41, 5.74) is 0. The van der Waals surface area contributed by atoms with E-state index in [2.05, 4.69) is 22.8 Å². The predicted octanol–water partition coefficient (Wildman–Crippen LogP) is 2.68. The SMILES string of the molecule is CNCc1cc2sccc2s1. The van der Waals surface area contributed by atoms with Gasteiger partial charge in [0, 0.05) is 20.8 Å². The summed E-state index contributed by atoms with van der Waals surface area (Å²) in [6.07, 6.45) is 0. The maximum absolute atomic E-state index is 3.15. The molecule has 0 atom stereocenters. The molecule has 0 amide bonds. The van der Waals surface area contributed by atoms with Crippen LogP contribution in [-0.4, -0.2) is 7.05 Å². The molecule has 2 rings (SSSR count). The second kappa shape index (κ2) is 2.93. The number of rotatable bonds is 2. The van der Waals surface area contributed by atoms with Crippen molar-refractivity contribution >= 4 is 32.1 Å². The lowest BCUT2D eigenvalue weighted by atomic mass is 10.4. The first kappa shape index (κ1) is 7.28. The minimum atomic E-state index is 0.992. The van der Waals surface area contributed by atoms with Crippen LogP contribution in [0.4, 0.5) is 0 Å². The number of hydrogen-bond acceptors (Lipinski definition) is 3. The van der Waals surface area contributed by atoms with Gasteiger partial charge in [0.15, 0.2) is 0 Å². The topological polar surface area (TPSA) is 12.0 Å². The second-order valence-corrected chi connectivity index (χ2v) is 4.51. The molecule has 2 aromatic heterocycles. The zero-order valence-corrected chi connectivity index (χ0v) is 7.89. The molecular formula is C8H9NS2. The summed E-state index contributed by atoms with van der Waals surface area (Å²) in [5.74, 6) is 0. The molecule has 58 valence electrons. The van der Waals surface area contributed by atoms with Crippen LogP contribution in [-0.2, 0) is 6.54 Å². The Morgan fingerprint density at radius 3 is 3.09 bits per heavy atom. The molecule has 0 radical (unpaired) electrons. The molecule has 0 unspecified atom stereocenters. The van der Waals surface area contributed by atoms with Crippen LogP contribution in [0, 0.1) is 0 Å². The van der Waals surface area contributed by atoms with Gasteiger partial charge in [-0.15, -0.1) is 22.7 Å². The van der Waals surface area contributed by atoms with Crippen LogP contribution in [0.2, 0.25) is 0 Å². The standard InChI is InChI=1S/C8H9NS2/c1-9-5-6-4-8-7(11-6)2-3-10-8/h2-4,9H,5H2,1H3. The van der Waals surface area contributed by atoms with Crippen molar-refractivity contribution in [2.45, 2.75) is 6.54 Å². The Hall–Kier alpha value is -0.380. The van der Waals surface area contributed by atoms with Gasteiger partial charge in [0.25, 0.3) is 0 Å². The van der Waals surface area contributed by atoms with Crippen molar-refractivity contribution in [1.82, 2.24) is 5.32 Å². The molecule has 0 aliphatic heterocycles. The average Bonchev–Trinajstić information content (AvgIpc) is 2.46. The van der Waals surface area contributed by atoms with E-state index in [1.54, 1.807) is 0 Å². The molecule has 11 heavy (non-hydrogen) atoms. The summed E-state index contributed by atoms with van der Waals surface area (Å²) in [7, 11) is 1.98. The predicted molar refractivity (Wildman–Crippen MR) is 52.5 cm³/mol. The highest BCUT2D eigenvalue weighted by Crippen LogP contribution is 2.29. The maximum atomic E-state index is 3.15. The van der Waals surface area contributed by atoms with Crippen LogP contribution in [0.1, 0.15) is 4.88 Å². The number of nitrogens with one attached hydrogen (secondary N) is 1. The number of thiophene rings is 2. The fourth-order valence-electron chi connectivity index (χ4n) is 1.08. The lowest BCUT2D eigenvalue weighted by molar-refractivity contribution is 0.832. The smallest absolute Gasteiger partial charge is 0.0453 e. The summed E-state index contributed by atoms with van der Waals surface area (Å²) in [6, 6.07) is 4.45. The van der Waals surface area contributed by atoms with Gasteiger partial charge in [-0.1, -0.05) is 0 Å². The van der Waals surface area contributed by atoms with E-state index in [-0.39, 0.29) is 0 Å². The zero-order valence-electron chi connectivity index (χ0n) is 6.26. The summed E-state index contributed by atoms with van der Waals surface area (Å²) >= 11 is 3.69. The molecule has 1 N–H and O–H groups in total. The van der Waals surface area contributed by atoms with Crippen molar-refractivity contribution in [1.29, 1.82) is 0 Å². The first-order chi connectivity index (χ1) is 5.40. The lowest BCUT2D eigenvalue weighted by Gasteiger charge is -1.90. The molecule has 2 aromatic rings. The van der Waals surface area contributed by atoms with Gasteiger partial charge in [-0.3, -0.25) is 0 Å². The molecule has 3 heteroatoms. The Kier molecular flexibility index (Phi) is 1.94. The van der Waals surface area contributed by atoms with Gasteiger partial charge in [-0.05, 0) is 24.6 Å². The first-order valence-electron chi connectivity index (χ1n) is 3.50. The van der Waals surface area contributed by atoms with E-state index >= 15 is 0 Å². The molecule has 0 saturated heterocycles. The Labute approximate surface area is 73.7 Å². The number of hydrogen-bond donors (Lipinski definition) is 1. The summed E-state index contributed by atoms with van der Waals surface area (Å²) in [5, 5.41) is 5.29. The van der Waals surface area contributed by atoms with Gasteiger partial charge in [-0.2, -0.15) is 0 Å². The average molecular weight is 183 g/mol. The largest absolute Gasteiger partial charge is 0.315 e. The lowest BCUT2D eigenvalue weighted by Crippen LogP contribution is -2.02. The highest BCUT2D eigenvalue weighted by atomic mass is 32.1. The minimum Gasteiger partial charge on any atom is -0.315 e. The van der Waals surface area contributed by atoms with Gasteiger partial charge < -0.3 is 5.32 Å². The first-order valence-corrected chi connectivity index (χ1v) is 5.20. The Morgan fingerprint density at radius 1 is 1.45 bits per heavy atom. The highest BCUT2D eigenvalue weighted by Gasteiger charge is 2.00. The van der Waals surface area contributed by atoms with Crippen LogP contribution >= 0.6 is 22.7 Å². The van der Waals surface area contributed by atoms with Crippen molar-refractivity contribution < 1.29 is 0 Å². The van der Waals surface area contributed by atoms with Gasteiger partial charge in [0.1, 0.15) is 0 Å². The summed E-state index contributed by atoms with van der Waals surface area (Å²) in [4.78, 5) is 1.43. The molecule has 0 fully saturated rings. The molecule has 0 bridgehead atoms. The molecule has 0 aromatic carbocycles. The molecule has 2 heterocycles. The van der Waals surface area contributed by atoms with Crippen molar-refractivity contribution in [3.8, 4) is 0 Å². The third kappa shape index (κ3) is 1.31. The third-order valence-electron chi connectivity index (χ3n) is 1.54. The fourth-order valence-corrected chi connectivity index (χ4v) is 3.22. The molecule has 0 aliphatic carbocycles. The summed E-state index contributed by atoms with van der Waals surface area (Å²) in [6.45, 7) is 0.992. The molecule has 0 saturated carbocycles. The van der Waals surface area contributed by atoms with Gasteiger partial charge in [-0.25, -0.2) is 0 Å². The Balaban J connectivity index is 2.42. The normalized spacial score (nSPS) is 11.0. The number of fused-ring (bicyclic) bond motifs is 1. The second-order valence-electron chi connectivity index (χ2n) is 2.39. The van der Waals surface area contributed by atoms with E-state index < -0.39 is 0 Å². The van der Waals surface area contributed by atoms with Crippen LogP contribution < -0.4 is 5.32 Å². The fraction of sp³-hybridized carbons (Fsp3) is 0.250. The Bertz CT molecular complexity index is 319. The van der Waals surface area contributed by atoms with E-state index in [4.69, 9.17) is 0 Å². The molecule has 0 aliphatic rings. The maximum Gasteiger partial charge on any atom is 0.0453 e. The third-order valence-corrected chi connectivity index (χ3v) is 3.63. The van der Waals surface area contributed by atoms with Gasteiger partial charge in [0.2, 0.25) is 0 Å². The van der Waals surface area contributed by atoms with Crippen LogP contribution in [0.5, 0.6) is 0 Å². The van der Waals surface area contributed by atoms with Gasteiger partial charge >= 0.3 is 0 Å². The van der Waals surface area contributed by atoms with E-state index in [9.17, 15) is 0 Å². The van der Waals surface area contributed by atoms with Crippen LogP contribution in [0.25, 0.3) is 9.40 Å².